The van der Waals surface area contributed by atoms with Gasteiger partial charge in [-0.25, -0.2) is 8.42 Å². The average Bonchev–Trinajstić information content (AvgIpc) is 2.44. The van der Waals surface area contributed by atoms with Gasteiger partial charge in [0.15, 0.2) is 0 Å². The lowest BCUT2D eigenvalue weighted by atomic mass is 9.72. The van der Waals surface area contributed by atoms with E-state index in [0.29, 0.717) is 31.1 Å². The van der Waals surface area contributed by atoms with Crippen LogP contribution in [0.2, 0.25) is 0 Å². The Morgan fingerprint density at radius 2 is 1.75 bits per heavy atom. The van der Waals surface area contributed by atoms with Gasteiger partial charge in [0.25, 0.3) is 0 Å². The highest BCUT2D eigenvalue weighted by molar-refractivity contribution is 7.88. The summed E-state index contributed by atoms with van der Waals surface area (Å²) in [5.41, 5.74) is 1.35. The Morgan fingerprint density at radius 3 is 2.25 bits per heavy atom. The van der Waals surface area contributed by atoms with Crippen molar-refractivity contribution in [2.45, 2.75) is 31.3 Å². The predicted octanol–water partition coefficient (Wildman–Crippen LogP) is 1.51. The quantitative estimate of drug-likeness (QED) is 0.845. The Morgan fingerprint density at radius 1 is 1.15 bits per heavy atom. The molecule has 0 spiro atoms. The molecule has 20 heavy (non-hydrogen) atoms. The monoisotopic (exact) mass is 294 g/mol. The Bertz CT molecular complexity index is 559. The van der Waals surface area contributed by atoms with Gasteiger partial charge >= 0.3 is 0 Å². The summed E-state index contributed by atoms with van der Waals surface area (Å²) >= 11 is 0. The Balaban J connectivity index is 1.83. The highest BCUT2D eigenvalue weighted by atomic mass is 32.2. The number of hydrogen-bond acceptors (Lipinski definition) is 3. The number of rotatable bonds is 4. The molecule has 2 bridgehead atoms. The third-order valence-electron chi connectivity index (χ3n) is 4.60. The van der Waals surface area contributed by atoms with E-state index in [2.05, 4.69) is 36.1 Å². The van der Waals surface area contributed by atoms with Crippen LogP contribution in [0.3, 0.4) is 0 Å². The lowest BCUT2D eigenvalue weighted by molar-refractivity contribution is -0.0681. The molecule has 5 heteroatoms. The minimum atomic E-state index is -3.07. The molecule has 2 fully saturated rings. The van der Waals surface area contributed by atoms with E-state index in [4.69, 9.17) is 0 Å². The summed E-state index contributed by atoms with van der Waals surface area (Å²) in [5.74, 6) is 0.487. The van der Waals surface area contributed by atoms with Crippen molar-refractivity contribution in [1.29, 1.82) is 0 Å². The van der Waals surface area contributed by atoms with Gasteiger partial charge in [-0.05, 0) is 18.5 Å². The number of benzene rings is 1. The molecule has 0 aromatic heterocycles. The second-order valence-electron chi connectivity index (χ2n) is 5.89. The molecule has 0 saturated carbocycles. The molecule has 4 nitrogen and oxygen atoms in total. The first-order valence-corrected chi connectivity index (χ1v) is 9.13. The van der Waals surface area contributed by atoms with E-state index in [1.807, 2.05) is 6.07 Å². The van der Waals surface area contributed by atoms with Crippen LogP contribution in [-0.4, -0.2) is 55.6 Å². The van der Waals surface area contributed by atoms with Crippen LogP contribution >= 0.6 is 0 Å². The molecule has 1 aromatic rings. The van der Waals surface area contributed by atoms with Gasteiger partial charge in [-0.15, -0.1) is 0 Å². The van der Waals surface area contributed by atoms with Crippen LogP contribution in [0.1, 0.15) is 24.8 Å². The fourth-order valence-electron chi connectivity index (χ4n) is 3.72. The highest BCUT2D eigenvalue weighted by Gasteiger charge is 2.54. The molecule has 2 heterocycles. The summed E-state index contributed by atoms with van der Waals surface area (Å²) in [6, 6.07) is 11.2. The highest BCUT2D eigenvalue weighted by Crippen LogP contribution is 2.45. The molecule has 1 unspecified atom stereocenters. The molecule has 2 aliphatic rings. The van der Waals surface area contributed by atoms with Crippen molar-refractivity contribution in [3.05, 3.63) is 35.9 Å². The molecule has 0 aliphatic carbocycles. The number of sulfonamides is 1. The molecular weight excluding hydrogens is 272 g/mol. The van der Waals surface area contributed by atoms with Crippen molar-refractivity contribution in [3.63, 3.8) is 0 Å². The van der Waals surface area contributed by atoms with Gasteiger partial charge in [-0.3, -0.25) is 4.90 Å². The van der Waals surface area contributed by atoms with Crippen LogP contribution in [0.15, 0.2) is 30.3 Å². The van der Waals surface area contributed by atoms with Crippen molar-refractivity contribution in [1.82, 2.24) is 9.21 Å². The van der Waals surface area contributed by atoms with Crippen LogP contribution in [0.25, 0.3) is 0 Å². The first-order chi connectivity index (χ1) is 9.52. The first-order valence-electron chi connectivity index (χ1n) is 7.28. The minimum Gasteiger partial charge on any atom is -0.293 e. The Hall–Kier alpha value is -0.910. The van der Waals surface area contributed by atoms with E-state index in [1.54, 1.807) is 4.31 Å². The normalized spacial score (nSPS) is 31.0. The van der Waals surface area contributed by atoms with Crippen molar-refractivity contribution < 1.29 is 8.42 Å². The van der Waals surface area contributed by atoms with E-state index in [-0.39, 0.29) is 0 Å². The zero-order chi connectivity index (χ0) is 14.3. The summed E-state index contributed by atoms with van der Waals surface area (Å²) < 4.78 is 25.2. The third kappa shape index (κ3) is 2.28. The molecule has 0 radical (unpaired) electrons. The molecule has 2 saturated heterocycles. The number of hydrogen-bond donors (Lipinski definition) is 0. The maximum Gasteiger partial charge on any atom is 0.211 e. The van der Waals surface area contributed by atoms with Crippen molar-refractivity contribution in [2.24, 2.45) is 0 Å². The maximum absolute atomic E-state index is 11.8. The fraction of sp³-hybridized carbons (Fsp3) is 0.600. The van der Waals surface area contributed by atoms with Crippen molar-refractivity contribution >= 4 is 10.0 Å². The smallest absolute Gasteiger partial charge is 0.211 e. The number of fused-ring (bicyclic) bond motifs is 2. The van der Waals surface area contributed by atoms with Crippen LogP contribution in [0, 0.1) is 0 Å². The molecule has 2 aliphatic heterocycles. The average molecular weight is 294 g/mol. The van der Waals surface area contributed by atoms with Gasteiger partial charge < -0.3 is 0 Å². The predicted molar refractivity (Wildman–Crippen MR) is 80.2 cm³/mol. The summed E-state index contributed by atoms with van der Waals surface area (Å²) in [6.45, 7) is 4.51. The van der Waals surface area contributed by atoms with E-state index in [9.17, 15) is 8.42 Å². The number of piperazine rings is 1. The van der Waals surface area contributed by atoms with Crippen LogP contribution in [0.4, 0.5) is 0 Å². The Kier molecular flexibility index (Phi) is 3.60. The minimum absolute atomic E-state index is 0.339. The van der Waals surface area contributed by atoms with E-state index >= 15 is 0 Å². The Labute approximate surface area is 121 Å². The van der Waals surface area contributed by atoms with Gasteiger partial charge in [0, 0.05) is 31.1 Å². The van der Waals surface area contributed by atoms with Gasteiger partial charge in [0.05, 0.1) is 6.26 Å². The lowest BCUT2D eigenvalue weighted by Gasteiger charge is -2.61. The fourth-order valence-corrected chi connectivity index (χ4v) is 4.57. The largest absolute Gasteiger partial charge is 0.293 e. The SMILES string of the molecule is CCCN1[C@@H]2CN(S(C)(=O)=O)C[C@H]1C2c1ccccc1. The number of piperidine rings is 1. The topological polar surface area (TPSA) is 40.6 Å². The summed E-state index contributed by atoms with van der Waals surface area (Å²) in [6.07, 6.45) is 2.44. The third-order valence-corrected chi connectivity index (χ3v) is 5.83. The van der Waals surface area contributed by atoms with E-state index in [1.165, 1.54) is 11.8 Å². The molecule has 3 atom stereocenters. The maximum atomic E-state index is 11.8. The zero-order valence-electron chi connectivity index (χ0n) is 12.1. The summed E-state index contributed by atoms with van der Waals surface area (Å²) in [4.78, 5) is 2.49. The molecule has 110 valence electrons. The van der Waals surface area contributed by atoms with Crippen LogP contribution in [0.5, 0.6) is 0 Å². The standard InChI is InChI=1S/C15H22N2O2S/c1-3-9-17-13-10-16(20(2,18)19)11-14(17)15(13)12-7-5-4-6-8-12/h4-8,13-15H,3,9-11H2,1-2H3/t13-,14+,15?. The van der Waals surface area contributed by atoms with Crippen molar-refractivity contribution in [2.75, 3.05) is 25.9 Å². The van der Waals surface area contributed by atoms with Crippen LogP contribution < -0.4 is 0 Å². The summed E-state index contributed by atoms with van der Waals surface area (Å²) in [5, 5.41) is 0. The summed E-state index contributed by atoms with van der Waals surface area (Å²) in [7, 11) is -3.07. The zero-order valence-corrected chi connectivity index (χ0v) is 12.9. The van der Waals surface area contributed by atoms with Crippen molar-refractivity contribution in [3.8, 4) is 0 Å². The lowest BCUT2D eigenvalue weighted by Crippen LogP contribution is -2.73. The van der Waals surface area contributed by atoms with E-state index in [0.717, 1.165) is 13.0 Å². The van der Waals surface area contributed by atoms with Crippen LogP contribution in [-0.2, 0) is 10.0 Å². The van der Waals surface area contributed by atoms with Gasteiger partial charge in [-0.1, -0.05) is 37.3 Å². The first kappa shape index (κ1) is 14.0. The number of nitrogens with zero attached hydrogens (tertiary/aromatic N) is 2. The molecule has 1 aromatic carbocycles. The second-order valence-corrected chi connectivity index (χ2v) is 7.87. The molecular formula is C15H22N2O2S. The van der Waals surface area contributed by atoms with Gasteiger partial charge in [0.1, 0.15) is 0 Å². The van der Waals surface area contributed by atoms with Gasteiger partial charge in [-0.2, -0.15) is 4.31 Å². The van der Waals surface area contributed by atoms with Gasteiger partial charge in [0.2, 0.25) is 10.0 Å². The molecule has 0 N–H and O–H groups in total. The molecule has 0 amide bonds. The second kappa shape index (κ2) is 5.13. The molecule has 3 rings (SSSR count). The van der Waals surface area contributed by atoms with E-state index < -0.39 is 10.0 Å².